The SMILES string of the molecule is CC1(C(=O)Nc2n[nH]c3nc(C(F)(F)F)ccc23)Cc2ccccc2C(=O)O1. The van der Waals surface area contributed by atoms with Gasteiger partial charge in [0.1, 0.15) is 5.69 Å². The molecule has 3 aromatic rings. The van der Waals surface area contributed by atoms with E-state index < -0.39 is 29.3 Å². The first-order valence-corrected chi connectivity index (χ1v) is 8.22. The number of nitrogens with zero attached hydrogens (tertiary/aromatic N) is 2. The van der Waals surface area contributed by atoms with E-state index in [2.05, 4.69) is 20.5 Å². The van der Waals surface area contributed by atoms with Crippen molar-refractivity contribution in [1.29, 1.82) is 0 Å². The molecule has 0 aliphatic carbocycles. The number of ether oxygens (including phenoxy) is 1. The summed E-state index contributed by atoms with van der Waals surface area (Å²) in [4.78, 5) is 28.4. The number of H-pyrrole nitrogens is 1. The number of anilines is 1. The quantitative estimate of drug-likeness (QED) is 0.656. The summed E-state index contributed by atoms with van der Waals surface area (Å²) in [7, 11) is 0. The van der Waals surface area contributed by atoms with E-state index in [1.807, 2.05) is 0 Å². The number of carbonyl (C=O) groups is 2. The zero-order chi connectivity index (χ0) is 20.1. The second-order valence-electron chi connectivity index (χ2n) is 6.57. The van der Waals surface area contributed by atoms with Gasteiger partial charge in [0.15, 0.2) is 17.1 Å². The van der Waals surface area contributed by atoms with E-state index in [-0.39, 0.29) is 23.3 Å². The Labute approximate surface area is 155 Å². The highest BCUT2D eigenvalue weighted by Crippen LogP contribution is 2.32. The molecular formula is C18H13F3N4O3. The highest BCUT2D eigenvalue weighted by Gasteiger charge is 2.43. The summed E-state index contributed by atoms with van der Waals surface area (Å²) < 4.78 is 43.6. The van der Waals surface area contributed by atoms with Gasteiger partial charge in [-0.3, -0.25) is 9.89 Å². The van der Waals surface area contributed by atoms with Crippen LogP contribution in [-0.2, 0) is 22.1 Å². The van der Waals surface area contributed by atoms with Crippen molar-refractivity contribution in [3.05, 3.63) is 53.2 Å². The Bertz CT molecular complexity index is 1110. The molecule has 1 unspecified atom stereocenters. The van der Waals surface area contributed by atoms with Crippen LogP contribution in [0.15, 0.2) is 36.4 Å². The number of cyclic esters (lactones) is 1. The van der Waals surface area contributed by atoms with Crippen LogP contribution in [0.4, 0.5) is 19.0 Å². The molecule has 1 amide bonds. The van der Waals surface area contributed by atoms with Gasteiger partial charge in [-0.15, -0.1) is 0 Å². The molecule has 0 radical (unpaired) electrons. The highest BCUT2D eigenvalue weighted by atomic mass is 19.4. The normalized spacial score (nSPS) is 19.2. The maximum Gasteiger partial charge on any atom is 0.433 e. The molecule has 28 heavy (non-hydrogen) atoms. The maximum absolute atomic E-state index is 12.8. The molecule has 144 valence electrons. The number of halogens is 3. The molecule has 1 aliphatic heterocycles. The van der Waals surface area contributed by atoms with Crippen molar-refractivity contribution in [2.24, 2.45) is 0 Å². The Hall–Kier alpha value is -3.43. The number of rotatable bonds is 2. The third-order valence-electron chi connectivity index (χ3n) is 4.51. The molecule has 0 spiro atoms. The third-order valence-corrected chi connectivity index (χ3v) is 4.51. The lowest BCUT2D eigenvalue weighted by Gasteiger charge is -2.32. The van der Waals surface area contributed by atoms with Crippen LogP contribution < -0.4 is 5.32 Å². The fourth-order valence-corrected chi connectivity index (χ4v) is 3.06. The Morgan fingerprint density at radius 3 is 2.75 bits per heavy atom. The lowest BCUT2D eigenvalue weighted by atomic mass is 9.89. The van der Waals surface area contributed by atoms with Crippen LogP contribution in [0, 0.1) is 0 Å². The van der Waals surface area contributed by atoms with Crippen LogP contribution in [0.5, 0.6) is 0 Å². The van der Waals surface area contributed by atoms with Crippen molar-refractivity contribution in [2.75, 3.05) is 5.32 Å². The second-order valence-corrected chi connectivity index (χ2v) is 6.57. The molecular weight excluding hydrogens is 377 g/mol. The summed E-state index contributed by atoms with van der Waals surface area (Å²) in [6.07, 6.45) is -4.44. The van der Waals surface area contributed by atoms with Crippen molar-refractivity contribution in [3.63, 3.8) is 0 Å². The summed E-state index contributed by atoms with van der Waals surface area (Å²) in [5.74, 6) is -1.27. The lowest BCUT2D eigenvalue weighted by molar-refractivity contribution is -0.141. The number of hydrogen-bond donors (Lipinski definition) is 2. The number of fused-ring (bicyclic) bond motifs is 2. The molecule has 2 aromatic heterocycles. The first kappa shape index (κ1) is 18.0. The largest absolute Gasteiger partial charge is 0.445 e. The predicted octanol–water partition coefficient (Wildman–Crippen LogP) is 3.09. The Balaban J connectivity index is 1.61. The van der Waals surface area contributed by atoms with Gasteiger partial charge < -0.3 is 10.1 Å². The van der Waals surface area contributed by atoms with Crippen molar-refractivity contribution in [3.8, 4) is 0 Å². The van der Waals surface area contributed by atoms with Crippen LogP contribution in [0.25, 0.3) is 11.0 Å². The number of pyridine rings is 1. The van der Waals surface area contributed by atoms with Crippen LogP contribution in [-0.4, -0.2) is 32.7 Å². The van der Waals surface area contributed by atoms with Crippen molar-refractivity contribution in [2.45, 2.75) is 25.1 Å². The van der Waals surface area contributed by atoms with Gasteiger partial charge in [-0.05, 0) is 30.7 Å². The first-order valence-electron chi connectivity index (χ1n) is 8.22. The first-order chi connectivity index (χ1) is 13.2. The van der Waals surface area contributed by atoms with Gasteiger partial charge in [-0.2, -0.15) is 18.3 Å². The van der Waals surface area contributed by atoms with Crippen LogP contribution in [0.3, 0.4) is 0 Å². The number of aromatic amines is 1. The molecule has 0 bridgehead atoms. The number of carbonyl (C=O) groups excluding carboxylic acids is 2. The van der Waals surface area contributed by atoms with E-state index in [0.29, 0.717) is 11.1 Å². The lowest BCUT2D eigenvalue weighted by Crippen LogP contribution is -2.49. The number of alkyl halides is 3. The van der Waals surface area contributed by atoms with Gasteiger partial charge >= 0.3 is 12.1 Å². The van der Waals surface area contributed by atoms with Crippen LogP contribution >= 0.6 is 0 Å². The van der Waals surface area contributed by atoms with Gasteiger partial charge in [0.25, 0.3) is 5.91 Å². The van der Waals surface area contributed by atoms with Crippen LogP contribution in [0.1, 0.15) is 28.5 Å². The van der Waals surface area contributed by atoms with Gasteiger partial charge in [-0.1, -0.05) is 18.2 Å². The predicted molar refractivity (Wildman–Crippen MR) is 91.5 cm³/mol. The van der Waals surface area contributed by atoms with E-state index in [4.69, 9.17) is 4.74 Å². The fourth-order valence-electron chi connectivity index (χ4n) is 3.06. The van der Waals surface area contributed by atoms with E-state index in [0.717, 1.165) is 12.1 Å². The van der Waals surface area contributed by atoms with Crippen LogP contribution in [0.2, 0.25) is 0 Å². The molecule has 1 aliphatic rings. The summed E-state index contributed by atoms with van der Waals surface area (Å²) >= 11 is 0. The third kappa shape index (κ3) is 2.96. The van der Waals surface area contributed by atoms with E-state index in [1.165, 1.54) is 6.92 Å². The average molecular weight is 390 g/mol. The Kier molecular flexibility index (Phi) is 3.88. The minimum atomic E-state index is -4.60. The van der Waals surface area contributed by atoms with Crippen molar-refractivity contribution >= 4 is 28.7 Å². The average Bonchev–Trinajstić information content (AvgIpc) is 3.03. The Morgan fingerprint density at radius 2 is 2.00 bits per heavy atom. The number of nitrogens with one attached hydrogen (secondary N) is 2. The van der Waals surface area contributed by atoms with E-state index in [9.17, 15) is 22.8 Å². The van der Waals surface area contributed by atoms with Gasteiger partial charge in [-0.25, -0.2) is 9.78 Å². The number of benzene rings is 1. The number of esters is 1. The van der Waals surface area contributed by atoms with Crippen molar-refractivity contribution < 1.29 is 27.5 Å². The smallest absolute Gasteiger partial charge is 0.433 e. The molecule has 1 atom stereocenters. The minimum absolute atomic E-state index is 0.00245. The molecule has 2 N–H and O–H groups in total. The highest BCUT2D eigenvalue weighted by molar-refractivity contribution is 6.05. The summed E-state index contributed by atoms with van der Waals surface area (Å²) in [6, 6.07) is 8.75. The van der Waals surface area contributed by atoms with Gasteiger partial charge in [0.2, 0.25) is 0 Å². The number of amides is 1. The fraction of sp³-hybridized carbons (Fsp3) is 0.222. The molecule has 0 saturated carbocycles. The zero-order valence-electron chi connectivity index (χ0n) is 14.4. The van der Waals surface area contributed by atoms with E-state index >= 15 is 0 Å². The monoisotopic (exact) mass is 390 g/mol. The van der Waals surface area contributed by atoms with Crippen molar-refractivity contribution in [1.82, 2.24) is 15.2 Å². The zero-order valence-corrected chi connectivity index (χ0v) is 14.4. The van der Waals surface area contributed by atoms with Gasteiger partial charge in [0, 0.05) is 6.42 Å². The number of aromatic nitrogens is 3. The summed E-state index contributed by atoms with van der Waals surface area (Å²) in [5, 5.41) is 8.89. The summed E-state index contributed by atoms with van der Waals surface area (Å²) in [5.41, 5.74) is -1.63. The molecule has 1 aromatic carbocycles. The molecule has 10 heteroatoms. The molecule has 0 saturated heterocycles. The van der Waals surface area contributed by atoms with E-state index in [1.54, 1.807) is 24.3 Å². The number of hydrogen-bond acceptors (Lipinski definition) is 5. The second kappa shape index (κ2) is 6.04. The Morgan fingerprint density at radius 1 is 1.25 bits per heavy atom. The van der Waals surface area contributed by atoms with Gasteiger partial charge in [0.05, 0.1) is 10.9 Å². The molecule has 0 fully saturated rings. The standard InChI is InChI=1S/C18H13F3N4O3/c1-17(8-9-4-2-3-5-10(9)15(26)28-17)16(27)23-14-11-6-7-12(18(19,20)21)22-13(11)24-25-14/h2-7H,8H2,1H3,(H2,22,23,24,25,27). The molecule has 3 heterocycles. The molecule has 7 nitrogen and oxygen atoms in total. The minimum Gasteiger partial charge on any atom is -0.445 e. The topological polar surface area (TPSA) is 97.0 Å². The molecule has 4 rings (SSSR count). The summed E-state index contributed by atoms with van der Waals surface area (Å²) in [6.45, 7) is 1.46. The maximum atomic E-state index is 12.8.